The lowest BCUT2D eigenvalue weighted by atomic mass is 10.2. The average molecular weight is 289 g/mol. The molecule has 0 atom stereocenters. The van der Waals surface area contributed by atoms with E-state index in [4.69, 9.17) is 10.5 Å². The summed E-state index contributed by atoms with van der Waals surface area (Å²) in [6.07, 6.45) is -0.287. The number of anilines is 3. The number of amides is 1. The lowest BCUT2D eigenvalue weighted by Crippen LogP contribution is -2.23. The van der Waals surface area contributed by atoms with E-state index in [2.05, 4.69) is 5.32 Å². The summed E-state index contributed by atoms with van der Waals surface area (Å²) in [6, 6.07) is 9.63. The van der Waals surface area contributed by atoms with E-state index in [1.807, 2.05) is 35.7 Å². The number of hydrogen-bond acceptors (Lipinski definition) is 5. The molecule has 0 spiro atoms. The summed E-state index contributed by atoms with van der Waals surface area (Å²) in [4.78, 5) is 14.3. The van der Waals surface area contributed by atoms with Gasteiger partial charge in [0.05, 0.1) is 13.1 Å². The van der Waals surface area contributed by atoms with Crippen molar-refractivity contribution >= 4 is 34.5 Å². The maximum Gasteiger partial charge on any atom is 0.414 e. The number of cyclic esters (lactones) is 1. The number of carbonyl (C=O) groups excluding carboxylic acids is 1. The summed E-state index contributed by atoms with van der Waals surface area (Å²) in [5.74, 6) is 0. The standard InChI is InChI=1S/C14H15N3O2S/c15-12-4-7-20-13(12)9-16-10-2-1-3-11(8-10)17-5-6-19-14(17)18/h1-4,7-8,16H,5-6,9,15H2. The molecular weight excluding hydrogens is 274 g/mol. The van der Waals surface area contributed by atoms with Gasteiger partial charge >= 0.3 is 6.09 Å². The Labute approximate surface area is 121 Å². The molecule has 2 heterocycles. The minimum absolute atomic E-state index is 0.287. The third-order valence-corrected chi connectivity index (χ3v) is 4.09. The van der Waals surface area contributed by atoms with Gasteiger partial charge in [-0.1, -0.05) is 6.07 Å². The van der Waals surface area contributed by atoms with Crippen molar-refractivity contribution in [2.24, 2.45) is 0 Å². The van der Waals surface area contributed by atoms with E-state index in [1.165, 1.54) is 0 Å². The topological polar surface area (TPSA) is 67.6 Å². The second-order valence-corrected chi connectivity index (χ2v) is 5.47. The molecule has 0 unspecified atom stereocenters. The van der Waals surface area contributed by atoms with E-state index < -0.39 is 0 Å². The van der Waals surface area contributed by atoms with Gasteiger partial charge in [-0.2, -0.15) is 0 Å². The van der Waals surface area contributed by atoms with Gasteiger partial charge in [-0.05, 0) is 29.6 Å². The monoisotopic (exact) mass is 289 g/mol. The molecule has 0 bridgehead atoms. The SMILES string of the molecule is Nc1ccsc1CNc1cccc(N2CCOC2=O)c1. The van der Waals surface area contributed by atoms with Crippen LogP contribution in [0, 0.1) is 0 Å². The number of hydrogen-bond donors (Lipinski definition) is 2. The average Bonchev–Trinajstić information content (AvgIpc) is 3.05. The van der Waals surface area contributed by atoms with Crippen LogP contribution in [0.5, 0.6) is 0 Å². The first-order valence-corrected chi connectivity index (χ1v) is 7.22. The van der Waals surface area contributed by atoms with Crippen LogP contribution in [0.15, 0.2) is 35.7 Å². The molecule has 0 saturated carbocycles. The van der Waals surface area contributed by atoms with E-state index in [1.54, 1.807) is 16.2 Å². The first-order chi connectivity index (χ1) is 9.74. The molecule has 1 aromatic heterocycles. The Bertz CT molecular complexity index is 626. The minimum Gasteiger partial charge on any atom is -0.447 e. The highest BCUT2D eigenvalue weighted by molar-refractivity contribution is 7.10. The zero-order valence-corrected chi connectivity index (χ0v) is 11.7. The summed E-state index contributed by atoms with van der Waals surface area (Å²) >= 11 is 1.63. The van der Waals surface area contributed by atoms with Gasteiger partial charge in [0.2, 0.25) is 0 Å². The fourth-order valence-electron chi connectivity index (χ4n) is 2.09. The molecule has 1 aliphatic rings. The quantitative estimate of drug-likeness (QED) is 0.908. The van der Waals surface area contributed by atoms with Gasteiger partial charge in [-0.25, -0.2) is 4.79 Å². The van der Waals surface area contributed by atoms with Crippen molar-refractivity contribution in [3.05, 3.63) is 40.6 Å². The lowest BCUT2D eigenvalue weighted by Gasteiger charge is -2.14. The van der Waals surface area contributed by atoms with Crippen molar-refractivity contribution in [1.82, 2.24) is 0 Å². The fourth-order valence-corrected chi connectivity index (χ4v) is 2.83. The van der Waals surface area contributed by atoms with Gasteiger partial charge < -0.3 is 15.8 Å². The molecule has 1 aliphatic heterocycles. The van der Waals surface area contributed by atoms with Crippen molar-refractivity contribution in [2.75, 3.05) is 29.1 Å². The number of ether oxygens (including phenoxy) is 1. The molecule has 1 amide bonds. The van der Waals surface area contributed by atoms with E-state index in [-0.39, 0.29) is 6.09 Å². The zero-order valence-electron chi connectivity index (χ0n) is 10.8. The van der Waals surface area contributed by atoms with Crippen molar-refractivity contribution < 1.29 is 9.53 Å². The van der Waals surface area contributed by atoms with Crippen LogP contribution in [0.1, 0.15) is 4.88 Å². The summed E-state index contributed by atoms with van der Waals surface area (Å²) in [6.45, 7) is 1.72. The Morgan fingerprint density at radius 1 is 1.40 bits per heavy atom. The predicted molar refractivity (Wildman–Crippen MR) is 81.2 cm³/mol. The molecule has 0 aliphatic carbocycles. The summed E-state index contributed by atoms with van der Waals surface area (Å²) in [5.41, 5.74) is 8.46. The molecule has 0 radical (unpaired) electrons. The molecular formula is C14H15N3O2S. The second-order valence-electron chi connectivity index (χ2n) is 4.47. The normalized spacial score (nSPS) is 14.4. The van der Waals surface area contributed by atoms with Crippen LogP contribution in [-0.4, -0.2) is 19.2 Å². The van der Waals surface area contributed by atoms with Crippen molar-refractivity contribution in [3.8, 4) is 0 Å². The number of nitrogen functional groups attached to an aromatic ring is 1. The molecule has 3 N–H and O–H groups in total. The van der Waals surface area contributed by atoms with Crippen LogP contribution in [-0.2, 0) is 11.3 Å². The number of carbonyl (C=O) groups is 1. The summed E-state index contributed by atoms with van der Waals surface area (Å²) in [5, 5.41) is 5.29. The van der Waals surface area contributed by atoms with E-state index >= 15 is 0 Å². The van der Waals surface area contributed by atoms with Gasteiger partial charge in [0.25, 0.3) is 0 Å². The van der Waals surface area contributed by atoms with Crippen LogP contribution in [0.2, 0.25) is 0 Å². The van der Waals surface area contributed by atoms with Gasteiger partial charge in [0.15, 0.2) is 0 Å². The van der Waals surface area contributed by atoms with Crippen molar-refractivity contribution in [3.63, 3.8) is 0 Å². The second kappa shape index (κ2) is 5.42. The van der Waals surface area contributed by atoms with Gasteiger partial charge in [0, 0.05) is 21.9 Å². The lowest BCUT2D eigenvalue weighted by molar-refractivity contribution is 0.181. The first kappa shape index (κ1) is 12.8. The number of nitrogens with one attached hydrogen (secondary N) is 1. The molecule has 1 aromatic carbocycles. The largest absolute Gasteiger partial charge is 0.447 e. The third-order valence-electron chi connectivity index (χ3n) is 3.15. The zero-order chi connectivity index (χ0) is 13.9. The molecule has 1 saturated heterocycles. The van der Waals surface area contributed by atoms with Gasteiger partial charge in [-0.3, -0.25) is 4.90 Å². The molecule has 1 fully saturated rings. The van der Waals surface area contributed by atoms with Crippen LogP contribution >= 0.6 is 11.3 Å². The number of benzene rings is 1. The Morgan fingerprint density at radius 2 is 2.30 bits per heavy atom. The minimum atomic E-state index is -0.287. The highest BCUT2D eigenvalue weighted by Gasteiger charge is 2.23. The molecule has 5 nitrogen and oxygen atoms in total. The predicted octanol–water partition coefficient (Wildman–Crippen LogP) is 2.90. The van der Waals surface area contributed by atoms with E-state index in [9.17, 15) is 4.79 Å². The maximum absolute atomic E-state index is 11.5. The Balaban J connectivity index is 1.71. The third kappa shape index (κ3) is 2.55. The van der Waals surface area contributed by atoms with Crippen LogP contribution in [0.4, 0.5) is 21.9 Å². The molecule has 104 valence electrons. The molecule has 3 rings (SSSR count). The first-order valence-electron chi connectivity index (χ1n) is 6.34. The Hall–Kier alpha value is -2.21. The number of rotatable bonds is 4. The highest BCUT2D eigenvalue weighted by atomic mass is 32.1. The van der Waals surface area contributed by atoms with Crippen LogP contribution < -0.4 is 16.0 Å². The molecule has 20 heavy (non-hydrogen) atoms. The number of thiophene rings is 1. The highest BCUT2D eigenvalue weighted by Crippen LogP contribution is 2.24. The molecule has 2 aromatic rings. The molecule has 6 heteroatoms. The van der Waals surface area contributed by atoms with E-state index in [0.717, 1.165) is 21.9 Å². The van der Waals surface area contributed by atoms with Gasteiger partial charge in [-0.15, -0.1) is 11.3 Å². The Kier molecular flexibility index (Phi) is 3.47. The van der Waals surface area contributed by atoms with Crippen molar-refractivity contribution in [2.45, 2.75) is 6.54 Å². The smallest absolute Gasteiger partial charge is 0.414 e. The summed E-state index contributed by atoms with van der Waals surface area (Å²) < 4.78 is 4.95. The van der Waals surface area contributed by atoms with E-state index in [0.29, 0.717) is 19.7 Å². The van der Waals surface area contributed by atoms with Crippen molar-refractivity contribution in [1.29, 1.82) is 0 Å². The van der Waals surface area contributed by atoms with Crippen LogP contribution in [0.25, 0.3) is 0 Å². The van der Waals surface area contributed by atoms with Crippen LogP contribution in [0.3, 0.4) is 0 Å². The Morgan fingerprint density at radius 3 is 3.00 bits per heavy atom. The summed E-state index contributed by atoms with van der Waals surface area (Å²) in [7, 11) is 0. The fraction of sp³-hybridized carbons (Fsp3) is 0.214. The van der Waals surface area contributed by atoms with Gasteiger partial charge in [0.1, 0.15) is 6.61 Å². The number of nitrogens with two attached hydrogens (primary N) is 1. The number of nitrogens with zero attached hydrogens (tertiary/aromatic N) is 1. The maximum atomic E-state index is 11.5.